The Hall–Kier alpha value is -3.69. The molecule has 1 aromatic carbocycles. The summed E-state index contributed by atoms with van der Waals surface area (Å²) in [6.07, 6.45) is 1.49. The van der Waals surface area contributed by atoms with E-state index in [0.717, 1.165) is 6.42 Å². The molecule has 0 aliphatic carbocycles. The molecule has 0 fully saturated rings. The number of hydrogen-bond donors (Lipinski definition) is 2. The fourth-order valence-corrected chi connectivity index (χ4v) is 3.31. The number of nitrogens with one attached hydrogen (secondary N) is 1. The van der Waals surface area contributed by atoms with Gasteiger partial charge in [-0.1, -0.05) is 44.5 Å². The van der Waals surface area contributed by atoms with E-state index in [1.807, 2.05) is 20.8 Å². The predicted molar refractivity (Wildman–Crippen MR) is 119 cm³/mol. The number of aromatic amines is 1. The molecule has 3 aromatic rings. The number of rotatable bonds is 8. The molecule has 2 aromatic heterocycles. The summed E-state index contributed by atoms with van der Waals surface area (Å²) in [6.45, 7) is 6.16. The van der Waals surface area contributed by atoms with E-state index in [-0.39, 0.29) is 35.4 Å². The standard InChI is InChI=1S/C22H26FN5O4/c1-4-5-9-27-19(24)18(20(29)25-22(27)31)28(12-13(2)3)21(30)17-11-16(26-32-17)14-7-6-8-15(23)10-14/h6-8,10-11,13H,4-5,9,12,24H2,1-3H3,(H,25,29,31). The van der Waals surface area contributed by atoms with Gasteiger partial charge in [-0.2, -0.15) is 0 Å². The molecule has 10 heteroatoms. The second kappa shape index (κ2) is 9.63. The number of carbonyl (C=O) groups excluding carboxylic acids is 1. The normalized spacial score (nSPS) is 11.2. The van der Waals surface area contributed by atoms with E-state index in [2.05, 4.69) is 10.1 Å². The van der Waals surface area contributed by atoms with Gasteiger partial charge in [0.05, 0.1) is 0 Å². The van der Waals surface area contributed by atoms with E-state index >= 15 is 0 Å². The Kier molecular flexibility index (Phi) is 6.92. The average Bonchev–Trinajstić information content (AvgIpc) is 3.22. The van der Waals surface area contributed by atoms with Crippen molar-refractivity contribution in [2.75, 3.05) is 17.2 Å². The van der Waals surface area contributed by atoms with E-state index in [9.17, 15) is 18.8 Å². The van der Waals surface area contributed by atoms with Crippen LogP contribution in [0.15, 0.2) is 44.4 Å². The minimum absolute atomic E-state index is 0.0284. The quantitative estimate of drug-likeness (QED) is 0.551. The first-order valence-corrected chi connectivity index (χ1v) is 10.4. The molecule has 170 valence electrons. The number of nitrogens with zero attached hydrogens (tertiary/aromatic N) is 3. The van der Waals surface area contributed by atoms with Crippen molar-refractivity contribution in [2.24, 2.45) is 5.92 Å². The Labute approximate surface area is 183 Å². The zero-order valence-corrected chi connectivity index (χ0v) is 18.2. The lowest BCUT2D eigenvalue weighted by Gasteiger charge is -2.25. The van der Waals surface area contributed by atoms with E-state index in [0.29, 0.717) is 18.5 Å². The fraction of sp³-hybridized carbons (Fsp3) is 0.364. The summed E-state index contributed by atoms with van der Waals surface area (Å²) in [4.78, 5) is 41.7. The number of benzene rings is 1. The van der Waals surface area contributed by atoms with Gasteiger partial charge >= 0.3 is 5.69 Å². The lowest BCUT2D eigenvalue weighted by Crippen LogP contribution is -2.42. The molecule has 0 saturated carbocycles. The molecule has 3 N–H and O–H groups in total. The highest BCUT2D eigenvalue weighted by Crippen LogP contribution is 2.24. The summed E-state index contributed by atoms with van der Waals surface area (Å²) >= 11 is 0. The van der Waals surface area contributed by atoms with Crippen molar-refractivity contribution in [1.82, 2.24) is 14.7 Å². The van der Waals surface area contributed by atoms with Gasteiger partial charge in [-0.3, -0.25) is 24.0 Å². The van der Waals surface area contributed by atoms with Crippen molar-refractivity contribution >= 4 is 17.4 Å². The number of carbonyl (C=O) groups is 1. The van der Waals surface area contributed by atoms with Gasteiger partial charge in [-0.15, -0.1) is 0 Å². The molecule has 0 saturated heterocycles. The molecule has 9 nitrogen and oxygen atoms in total. The molecule has 0 spiro atoms. The van der Waals surface area contributed by atoms with E-state index < -0.39 is 23.0 Å². The van der Waals surface area contributed by atoms with Crippen LogP contribution in [-0.2, 0) is 6.54 Å². The average molecular weight is 443 g/mol. The number of halogens is 1. The summed E-state index contributed by atoms with van der Waals surface area (Å²) in [7, 11) is 0. The molecule has 32 heavy (non-hydrogen) atoms. The monoisotopic (exact) mass is 443 g/mol. The molecule has 0 aliphatic rings. The van der Waals surface area contributed by atoms with Crippen LogP contribution in [0.5, 0.6) is 0 Å². The molecule has 0 unspecified atom stereocenters. The molecule has 0 atom stereocenters. The van der Waals surface area contributed by atoms with Crippen molar-refractivity contribution in [2.45, 2.75) is 40.2 Å². The third kappa shape index (κ3) is 4.79. The molecule has 1 amide bonds. The molecule has 2 heterocycles. The molecular weight excluding hydrogens is 417 g/mol. The van der Waals surface area contributed by atoms with Crippen molar-refractivity contribution in [3.05, 3.63) is 62.7 Å². The van der Waals surface area contributed by atoms with Gasteiger partial charge in [0.2, 0.25) is 5.76 Å². The summed E-state index contributed by atoms with van der Waals surface area (Å²) < 4.78 is 20.0. The molecule has 0 bridgehead atoms. The zero-order valence-electron chi connectivity index (χ0n) is 18.2. The number of nitrogens with two attached hydrogens (primary N) is 1. The van der Waals surface area contributed by atoms with Crippen LogP contribution in [0.25, 0.3) is 11.3 Å². The highest BCUT2D eigenvalue weighted by atomic mass is 19.1. The highest BCUT2D eigenvalue weighted by molar-refractivity contribution is 6.05. The Morgan fingerprint density at radius 3 is 2.72 bits per heavy atom. The Morgan fingerprint density at radius 2 is 2.06 bits per heavy atom. The van der Waals surface area contributed by atoms with Gasteiger partial charge in [0.15, 0.2) is 5.69 Å². The first-order chi connectivity index (χ1) is 15.2. The van der Waals surface area contributed by atoms with Crippen LogP contribution in [0.4, 0.5) is 15.9 Å². The van der Waals surface area contributed by atoms with Gasteiger partial charge in [0.25, 0.3) is 11.5 Å². The first-order valence-electron chi connectivity index (χ1n) is 10.4. The van der Waals surface area contributed by atoms with Crippen molar-refractivity contribution in [3.8, 4) is 11.3 Å². The summed E-state index contributed by atoms with van der Waals surface area (Å²) in [6, 6.07) is 7.09. The van der Waals surface area contributed by atoms with Crippen LogP contribution in [0.3, 0.4) is 0 Å². The number of hydrogen-bond acceptors (Lipinski definition) is 6. The van der Waals surface area contributed by atoms with Crippen LogP contribution in [0.1, 0.15) is 44.2 Å². The van der Waals surface area contributed by atoms with Crippen LogP contribution in [0.2, 0.25) is 0 Å². The van der Waals surface area contributed by atoms with Gasteiger partial charge in [0, 0.05) is 24.7 Å². The lowest BCUT2D eigenvalue weighted by atomic mass is 10.1. The minimum Gasteiger partial charge on any atom is -0.383 e. The number of anilines is 2. The number of aromatic nitrogens is 3. The third-order valence-electron chi connectivity index (χ3n) is 4.85. The first kappa shape index (κ1) is 23.0. The smallest absolute Gasteiger partial charge is 0.330 e. The Morgan fingerprint density at radius 1 is 1.31 bits per heavy atom. The van der Waals surface area contributed by atoms with Crippen molar-refractivity contribution in [1.29, 1.82) is 0 Å². The second-order valence-electron chi connectivity index (χ2n) is 7.89. The van der Waals surface area contributed by atoms with Gasteiger partial charge in [0.1, 0.15) is 17.3 Å². The topological polar surface area (TPSA) is 127 Å². The van der Waals surface area contributed by atoms with Crippen LogP contribution in [-0.4, -0.2) is 27.2 Å². The van der Waals surface area contributed by atoms with Crippen molar-refractivity contribution < 1.29 is 13.7 Å². The number of unbranched alkanes of at least 4 members (excludes halogenated alkanes) is 1. The Bertz CT molecular complexity index is 1230. The fourth-order valence-electron chi connectivity index (χ4n) is 3.31. The van der Waals surface area contributed by atoms with Crippen molar-refractivity contribution in [3.63, 3.8) is 0 Å². The largest absolute Gasteiger partial charge is 0.383 e. The molecular formula is C22H26FN5O4. The summed E-state index contributed by atoms with van der Waals surface area (Å²) in [5.74, 6) is -1.36. The summed E-state index contributed by atoms with van der Waals surface area (Å²) in [5.41, 5.74) is 5.38. The van der Waals surface area contributed by atoms with Crippen LogP contribution >= 0.6 is 0 Å². The zero-order chi connectivity index (χ0) is 23.4. The van der Waals surface area contributed by atoms with Crippen LogP contribution < -0.4 is 21.9 Å². The lowest BCUT2D eigenvalue weighted by molar-refractivity contribution is 0.0948. The van der Waals surface area contributed by atoms with Crippen LogP contribution in [0, 0.1) is 11.7 Å². The maximum absolute atomic E-state index is 13.5. The minimum atomic E-state index is -0.765. The van der Waals surface area contributed by atoms with Gasteiger partial charge < -0.3 is 10.3 Å². The molecule has 0 radical (unpaired) electrons. The van der Waals surface area contributed by atoms with E-state index in [4.69, 9.17) is 10.3 Å². The highest BCUT2D eigenvalue weighted by Gasteiger charge is 2.28. The molecule has 0 aliphatic heterocycles. The van der Waals surface area contributed by atoms with Gasteiger partial charge in [-0.25, -0.2) is 9.18 Å². The van der Waals surface area contributed by atoms with E-state index in [1.165, 1.54) is 33.7 Å². The number of H-pyrrole nitrogens is 1. The SMILES string of the molecule is CCCCn1c(N)c(N(CC(C)C)C(=O)c2cc(-c3cccc(F)c3)no2)c(=O)[nH]c1=O. The summed E-state index contributed by atoms with van der Waals surface area (Å²) in [5, 5.41) is 3.86. The number of amides is 1. The predicted octanol–water partition coefficient (Wildman–Crippen LogP) is 3.02. The third-order valence-corrected chi connectivity index (χ3v) is 4.85. The van der Waals surface area contributed by atoms with Gasteiger partial charge in [-0.05, 0) is 24.5 Å². The Balaban J connectivity index is 2.05. The number of nitrogen functional groups attached to an aromatic ring is 1. The molecule has 3 rings (SSSR count). The maximum Gasteiger partial charge on any atom is 0.330 e. The van der Waals surface area contributed by atoms with E-state index in [1.54, 1.807) is 6.07 Å². The second-order valence-corrected chi connectivity index (χ2v) is 7.89. The maximum atomic E-state index is 13.5.